The molecule has 1 aromatic carbocycles. The van der Waals surface area contributed by atoms with Crippen molar-refractivity contribution in [3.63, 3.8) is 0 Å². The number of benzene rings is 1. The van der Waals surface area contributed by atoms with Crippen molar-refractivity contribution in [2.45, 2.75) is 25.9 Å². The Hall–Kier alpha value is -1.04. The number of hydrogen-bond donors (Lipinski definition) is 1. The Morgan fingerprint density at radius 2 is 2.27 bits per heavy atom. The van der Waals surface area contributed by atoms with Gasteiger partial charge in [0.1, 0.15) is 5.82 Å². The van der Waals surface area contributed by atoms with Gasteiger partial charge < -0.3 is 5.11 Å². The van der Waals surface area contributed by atoms with Crippen LogP contribution in [0.2, 0.25) is 5.02 Å². The number of rotatable bonds is 3. The maximum atomic E-state index is 13.4. The fourth-order valence-corrected chi connectivity index (χ4v) is 1.45. The minimum Gasteiger partial charge on any atom is -0.392 e. The first-order valence-corrected chi connectivity index (χ1v) is 5.03. The third kappa shape index (κ3) is 3.54. The zero-order chi connectivity index (χ0) is 11.3. The predicted molar refractivity (Wildman–Crippen MR) is 59.2 cm³/mol. The third-order valence-corrected chi connectivity index (χ3v) is 2.29. The van der Waals surface area contributed by atoms with Crippen molar-refractivity contribution in [2.75, 3.05) is 0 Å². The van der Waals surface area contributed by atoms with Gasteiger partial charge in [-0.2, -0.15) is 0 Å². The summed E-state index contributed by atoms with van der Waals surface area (Å²) in [7, 11) is 0. The summed E-state index contributed by atoms with van der Waals surface area (Å²) < 4.78 is 13.4. The SMILES string of the molecule is CC#CCC(O)Cc1cccc(Cl)c1F. The van der Waals surface area contributed by atoms with Crippen molar-refractivity contribution < 1.29 is 9.50 Å². The molecule has 0 saturated heterocycles. The smallest absolute Gasteiger partial charge is 0.145 e. The molecule has 3 heteroatoms. The summed E-state index contributed by atoms with van der Waals surface area (Å²) in [6.45, 7) is 1.70. The Balaban J connectivity index is 2.70. The third-order valence-electron chi connectivity index (χ3n) is 2.00. The summed E-state index contributed by atoms with van der Waals surface area (Å²) in [6, 6.07) is 4.77. The van der Waals surface area contributed by atoms with Crippen LogP contribution in [0.4, 0.5) is 4.39 Å². The van der Waals surface area contributed by atoms with E-state index in [1.807, 2.05) is 0 Å². The summed E-state index contributed by atoms with van der Waals surface area (Å²) in [5.74, 6) is 4.97. The molecule has 1 rings (SSSR count). The van der Waals surface area contributed by atoms with Crippen molar-refractivity contribution in [3.05, 3.63) is 34.6 Å². The van der Waals surface area contributed by atoms with Gasteiger partial charge in [-0.3, -0.25) is 0 Å². The molecular weight excluding hydrogens is 215 g/mol. The highest BCUT2D eigenvalue weighted by Gasteiger charge is 2.10. The second-order valence-corrected chi connectivity index (χ2v) is 3.61. The molecule has 80 valence electrons. The van der Waals surface area contributed by atoms with Gasteiger partial charge >= 0.3 is 0 Å². The number of hydrogen-bond acceptors (Lipinski definition) is 1. The van der Waals surface area contributed by atoms with Crippen LogP contribution in [0.5, 0.6) is 0 Å². The molecule has 0 spiro atoms. The quantitative estimate of drug-likeness (QED) is 0.786. The summed E-state index contributed by atoms with van der Waals surface area (Å²) in [5, 5.41) is 9.62. The Labute approximate surface area is 93.9 Å². The average molecular weight is 227 g/mol. The van der Waals surface area contributed by atoms with Crippen LogP contribution >= 0.6 is 11.6 Å². The lowest BCUT2D eigenvalue weighted by Crippen LogP contribution is -2.10. The van der Waals surface area contributed by atoms with Crippen LogP contribution in [0.15, 0.2) is 18.2 Å². The first-order valence-electron chi connectivity index (χ1n) is 4.65. The lowest BCUT2D eigenvalue weighted by Gasteiger charge is -2.08. The molecule has 15 heavy (non-hydrogen) atoms. The first-order chi connectivity index (χ1) is 7.15. The predicted octanol–water partition coefficient (Wildman–Crippen LogP) is 2.80. The zero-order valence-corrected chi connectivity index (χ0v) is 9.18. The molecule has 1 aromatic rings. The maximum Gasteiger partial charge on any atom is 0.145 e. The van der Waals surface area contributed by atoms with E-state index in [-0.39, 0.29) is 11.4 Å². The number of aliphatic hydroxyl groups excluding tert-OH is 1. The molecule has 0 radical (unpaired) electrons. The van der Waals surface area contributed by atoms with Crippen LogP contribution in [0.3, 0.4) is 0 Å². The highest BCUT2D eigenvalue weighted by atomic mass is 35.5. The van der Waals surface area contributed by atoms with Gasteiger partial charge in [0.15, 0.2) is 0 Å². The minimum absolute atomic E-state index is 0.0845. The van der Waals surface area contributed by atoms with Crippen LogP contribution in [0, 0.1) is 17.7 Å². The Morgan fingerprint density at radius 1 is 1.53 bits per heavy atom. The van der Waals surface area contributed by atoms with Gasteiger partial charge in [0.25, 0.3) is 0 Å². The van der Waals surface area contributed by atoms with Crippen LogP contribution in [-0.2, 0) is 6.42 Å². The summed E-state index contributed by atoms with van der Waals surface area (Å²) in [5.41, 5.74) is 0.424. The largest absolute Gasteiger partial charge is 0.392 e. The molecule has 0 heterocycles. The number of aliphatic hydroxyl groups is 1. The van der Waals surface area contributed by atoms with E-state index in [2.05, 4.69) is 11.8 Å². The van der Waals surface area contributed by atoms with E-state index in [1.165, 1.54) is 6.07 Å². The van der Waals surface area contributed by atoms with Gasteiger partial charge in [0.05, 0.1) is 11.1 Å². The fourth-order valence-electron chi connectivity index (χ4n) is 1.25. The Kier molecular flexibility index (Phi) is 4.61. The number of halogens is 2. The molecule has 1 nitrogen and oxygen atoms in total. The highest BCUT2D eigenvalue weighted by Crippen LogP contribution is 2.19. The van der Waals surface area contributed by atoms with Crippen LogP contribution in [0.1, 0.15) is 18.9 Å². The average Bonchev–Trinajstić information content (AvgIpc) is 2.22. The molecule has 0 bridgehead atoms. The molecule has 0 amide bonds. The molecule has 1 unspecified atom stereocenters. The van der Waals surface area contributed by atoms with Gasteiger partial charge in [-0.25, -0.2) is 4.39 Å². The molecule has 1 atom stereocenters. The lowest BCUT2D eigenvalue weighted by atomic mass is 10.1. The van der Waals surface area contributed by atoms with E-state index in [0.717, 1.165) is 0 Å². The van der Waals surface area contributed by atoms with Gasteiger partial charge in [-0.05, 0) is 18.6 Å². The van der Waals surface area contributed by atoms with E-state index >= 15 is 0 Å². The normalized spacial score (nSPS) is 11.7. The molecular formula is C12H12ClFO. The molecule has 1 N–H and O–H groups in total. The molecule has 0 aliphatic carbocycles. The van der Waals surface area contributed by atoms with Crippen molar-refractivity contribution >= 4 is 11.6 Å². The standard InChI is InChI=1S/C12H12ClFO/c1-2-3-6-10(15)8-9-5-4-7-11(13)12(9)14/h4-5,7,10,15H,6,8H2,1H3. The van der Waals surface area contributed by atoms with Crippen LogP contribution in [-0.4, -0.2) is 11.2 Å². The Bertz CT molecular complexity index is 392. The van der Waals surface area contributed by atoms with Gasteiger partial charge in [-0.1, -0.05) is 23.7 Å². The maximum absolute atomic E-state index is 13.4. The Morgan fingerprint density at radius 3 is 2.93 bits per heavy atom. The van der Waals surface area contributed by atoms with Crippen molar-refractivity contribution in [3.8, 4) is 11.8 Å². The summed E-state index contributed by atoms with van der Waals surface area (Å²) >= 11 is 5.62. The van der Waals surface area contributed by atoms with E-state index in [1.54, 1.807) is 19.1 Å². The van der Waals surface area contributed by atoms with Gasteiger partial charge in [0.2, 0.25) is 0 Å². The molecule has 0 fully saturated rings. The highest BCUT2D eigenvalue weighted by molar-refractivity contribution is 6.30. The van der Waals surface area contributed by atoms with E-state index in [9.17, 15) is 9.50 Å². The molecule has 0 aliphatic heterocycles. The molecule has 0 aromatic heterocycles. The first kappa shape index (κ1) is 12.0. The summed E-state index contributed by atoms with van der Waals surface area (Å²) in [4.78, 5) is 0. The topological polar surface area (TPSA) is 20.2 Å². The second kappa shape index (κ2) is 5.75. The lowest BCUT2D eigenvalue weighted by molar-refractivity contribution is 0.179. The monoisotopic (exact) mass is 226 g/mol. The van der Waals surface area contributed by atoms with Crippen molar-refractivity contribution in [1.82, 2.24) is 0 Å². The molecule has 0 saturated carbocycles. The van der Waals surface area contributed by atoms with Crippen molar-refractivity contribution in [1.29, 1.82) is 0 Å². The van der Waals surface area contributed by atoms with Gasteiger partial charge in [-0.15, -0.1) is 11.8 Å². The van der Waals surface area contributed by atoms with Crippen LogP contribution < -0.4 is 0 Å². The van der Waals surface area contributed by atoms with Crippen molar-refractivity contribution in [2.24, 2.45) is 0 Å². The van der Waals surface area contributed by atoms with E-state index in [0.29, 0.717) is 12.0 Å². The van der Waals surface area contributed by atoms with E-state index < -0.39 is 11.9 Å². The minimum atomic E-state index is -0.648. The van der Waals surface area contributed by atoms with Crippen LogP contribution in [0.25, 0.3) is 0 Å². The van der Waals surface area contributed by atoms with Gasteiger partial charge in [0, 0.05) is 12.8 Å². The zero-order valence-electron chi connectivity index (χ0n) is 8.43. The summed E-state index contributed by atoms with van der Waals surface area (Å²) in [6.07, 6.45) is -0.0609. The van der Waals surface area contributed by atoms with E-state index in [4.69, 9.17) is 11.6 Å². The molecule has 0 aliphatic rings. The second-order valence-electron chi connectivity index (χ2n) is 3.20. The fraction of sp³-hybridized carbons (Fsp3) is 0.333.